The minimum Gasteiger partial charge on any atom is -1.00 e. The second-order valence-electron chi connectivity index (χ2n) is 3.11. The van der Waals surface area contributed by atoms with Crippen LogP contribution >= 0.6 is 12.6 Å². The Bertz CT molecular complexity index is 91.1. The summed E-state index contributed by atoms with van der Waals surface area (Å²) in [7, 11) is 0. The molecular weight excluding hydrogens is 167 g/mol. The van der Waals surface area contributed by atoms with Gasteiger partial charge in [-0.1, -0.05) is 26.2 Å². The van der Waals surface area contributed by atoms with Crippen molar-refractivity contribution in [3.8, 4) is 0 Å². The molecule has 0 radical (unpaired) electrons. The van der Waals surface area contributed by atoms with Gasteiger partial charge in [-0.3, -0.25) is 0 Å². The zero-order valence-electron chi connectivity index (χ0n) is 8.93. The Morgan fingerprint density at radius 3 is 2.36 bits per heavy atom. The fourth-order valence-electron chi connectivity index (χ4n) is 0.835. The molecule has 1 unspecified atom stereocenters. The fourth-order valence-corrected chi connectivity index (χ4v) is 0.993. The van der Waals surface area contributed by atoms with Crippen molar-refractivity contribution in [2.24, 2.45) is 0 Å². The maximum Gasteiger partial charge on any atom is 1.00 e. The van der Waals surface area contributed by atoms with Gasteiger partial charge in [-0.2, -0.15) is 12.6 Å². The normalized spacial score (nSPS) is 15.3. The van der Waals surface area contributed by atoms with Crippen LogP contribution in [0.3, 0.4) is 0 Å². The molecule has 0 aromatic rings. The van der Waals surface area contributed by atoms with Crippen LogP contribution < -0.4 is 29.6 Å². The summed E-state index contributed by atoms with van der Waals surface area (Å²) in [5, 5.41) is 9.47. The Morgan fingerprint density at radius 2 is 2.00 bits per heavy atom. The van der Waals surface area contributed by atoms with Gasteiger partial charge in [0.25, 0.3) is 0 Å². The number of rotatable bonds is 5. The molecule has 1 atom stereocenters. The van der Waals surface area contributed by atoms with Crippen molar-refractivity contribution in [1.29, 1.82) is 0 Å². The average Bonchev–Trinajstić information content (AvgIpc) is 1.89. The predicted octanol–water partition coefficient (Wildman–Crippen LogP) is -0.636. The number of hydrogen-bond donors (Lipinski definition) is 2. The summed E-state index contributed by atoms with van der Waals surface area (Å²) in [6, 6.07) is 0. The molecule has 3 heteroatoms. The summed E-state index contributed by atoms with van der Waals surface area (Å²) in [6.45, 7) is 4.01. The summed E-state index contributed by atoms with van der Waals surface area (Å²) in [5.41, 5.74) is -0.543. The van der Waals surface area contributed by atoms with Crippen LogP contribution in [0.4, 0.5) is 0 Å². The summed E-state index contributed by atoms with van der Waals surface area (Å²) in [5.74, 6) is 0.566. The van der Waals surface area contributed by atoms with Gasteiger partial charge in [0.1, 0.15) is 0 Å². The van der Waals surface area contributed by atoms with Crippen LogP contribution in [-0.4, -0.2) is 16.5 Å². The third-order valence-electron chi connectivity index (χ3n) is 1.66. The van der Waals surface area contributed by atoms with E-state index in [4.69, 9.17) is 0 Å². The van der Waals surface area contributed by atoms with E-state index < -0.39 is 5.60 Å². The smallest absolute Gasteiger partial charge is 1.00 e. The van der Waals surface area contributed by atoms with Gasteiger partial charge in [-0.25, -0.2) is 0 Å². The molecule has 0 amide bonds. The van der Waals surface area contributed by atoms with Crippen LogP contribution in [0.1, 0.15) is 41.0 Å². The molecule has 0 aliphatic rings. The molecule has 0 saturated carbocycles. The Hall–Kier alpha value is 1.31. The van der Waals surface area contributed by atoms with E-state index in [-0.39, 0.29) is 31.0 Å². The summed E-state index contributed by atoms with van der Waals surface area (Å²) < 4.78 is 0. The van der Waals surface area contributed by atoms with Crippen LogP contribution in [0.2, 0.25) is 0 Å². The number of unbranched alkanes of at least 4 members (excludes halogenated alkanes) is 2. The SMILES string of the molecule is CCCCCC(C)(O)CS.[H-].[Na+]. The van der Waals surface area contributed by atoms with Crippen molar-refractivity contribution in [3.63, 3.8) is 0 Å². The molecule has 11 heavy (non-hydrogen) atoms. The molecule has 0 heterocycles. The summed E-state index contributed by atoms with van der Waals surface area (Å²) in [4.78, 5) is 0. The first-order valence-corrected chi connectivity index (χ1v) is 4.59. The van der Waals surface area contributed by atoms with Gasteiger partial charge in [0, 0.05) is 5.75 Å². The maximum absolute atomic E-state index is 9.47. The Morgan fingerprint density at radius 1 is 1.45 bits per heavy atom. The van der Waals surface area contributed by atoms with Gasteiger partial charge in [-0.05, 0) is 13.3 Å². The summed E-state index contributed by atoms with van der Waals surface area (Å²) in [6.07, 6.45) is 4.42. The van der Waals surface area contributed by atoms with Crippen molar-refractivity contribution in [1.82, 2.24) is 0 Å². The number of thiol groups is 1. The average molecular weight is 186 g/mol. The molecular formula is C8H19NaOS. The molecule has 0 aromatic carbocycles. The monoisotopic (exact) mass is 186 g/mol. The van der Waals surface area contributed by atoms with Crippen LogP contribution in [0.5, 0.6) is 0 Å². The van der Waals surface area contributed by atoms with Crippen molar-refractivity contribution < 1.29 is 36.1 Å². The maximum atomic E-state index is 9.47. The Labute approximate surface area is 99.1 Å². The molecule has 0 saturated heterocycles. The fraction of sp³-hybridized carbons (Fsp3) is 1.00. The van der Waals surface area contributed by atoms with E-state index >= 15 is 0 Å². The van der Waals surface area contributed by atoms with E-state index in [1.807, 2.05) is 6.92 Å². The van der Waals surface area contributed by atoms with Gasteiger partial charge in [0.15, 0.2) is 0 Å². The van der Waals surface area contributed by atoms with Gasteiger partial charge in [-0.15, -0.1) is 0 Å². The first-order chi connectivity index (χ1) is 4.62. The molecule has 0 aliphatic carbocycles. The largest absolute Gasteiger partial charge is 1.00 e. The standard InChI is InChI=1S/C8H18OS.Na.H/c1-3-4-5-6-8(2,9)7-10;;/h9-10H,3-7H2,1-2H3;;/q;+1;-1. The number of aliphatic hydroxyl groups is 1. The van der Waals surface area contributed by atoms with E-state index in [0.29, 0.717) is 5.75 Å². The van der Waals surface area contributed by atoms with E-state index in [1.165, 1.54) is 12.8 Å². The van der Waals surface area contributed by atoms with Crippen molar-refractivity contribution in [2.45, 2.75) is 45.1 Å². The van der Waals surface area contributed by atoms with E-state index in [1.54, 1.807) is 0 Å². The Kier molecular flexibility index (Phi) is 10.7. The molecule has 1 nitrogen and oxygen atoms in total. The Balaban J connectivity index is -0.000000405. The third kappa shape index (κ3) is 9.22. The van der Waals surface area contributed by atoms with Crippen molar-refractivity contribution in [3.05, 3.63) is 0 Å². The van der Waals surface area contributed by atoms with Crippen molar-refractivity contribution >= 4 is 12.6 Å². The van der Waals surface area contributed by atoms with E-state index in [9.17, 15) is 5.11 Å². The molecule has 1 N–H and O–H groups in total. The van der Waals surface area contributed by atoms with Crippen LogP contribution in [0.25, 0.3) is 0 Å². The quantitative estimate of drug-likeness (QED) is 0.333. The van der Waals surface area contributed by atoms with Crippen LogP contribution in [-0.2, 0) is 0 Å². The second-order valence-corrected chi connectivity index (χ2v) is 3.43. The molecule has 0 rings (SSSR count). The second kappa shape index (κ2) is 7.93. The minimum absolute atomic E-state index is 0. The molecule has 0 bridgehead atoms. The van der Waals surface area contributed by atoms with E-state index in [2.05, 4.69) is 19.6 Å². The van der Waals surface area contributed by atoms with Crippen LogP contribution in [0.15, 0.2) is 0 Å². The molecule has 0 spiro atoms. The van der Waals surface area contributed by atoms with Gasteiger partial charge < -0.3 is 6.53 Å². The minimum atomic E-state index is -0.543. The molecule has 0 aliphatic heterocycles. The zero-order chi connectivity index (χ0) is 8.04. The number of hydrogen-bond acceptors (Lipinski definition) is 2. The first kappa shape index (κ1) is 14.8. The third-order valence-corrected chi connectivity index (χ3v) is 2.34. The van der Waals surface area contributed by atoms with Crippen LogP contribution in [0, 0.1) is 0 Å². The van der Waals surface area contributed by atoms with Gasteiger partial charge in [0.2, 0.25) is 0 Å². The van der Waals surface area contributed by atoms with Gasteiger partial charge in [0.05, 0.1) is 5.60 Å². The molecule has 64 valence electrons. The van der Waals surface area contributed by atoms with E-state index in [0.717, 1.165) is 12.8 Å². The zero-order valence-corrected chi connectivity index (χ0v) is 10.8. The first-order valence-electron chi connectivity index (χ1n) is 3.95. The predicted molar refractivity (Wildman–Crippen MR) is 49.7 cm³/mol. The molecule has 0 fully saturated rings. The topological polar surface area (TPSA) is 20.2 Å². The summed E-state index contributed by atoms with van der Waals surface area (Å²) >= 11 is 4.05. The van der Waals surface area contributed by atoms with Crippen molar-refractivity contribution in [2.75, 3.05) is 5.75 Å². The molecule has 0 aromatic heterocycles. The van der Waals surface area contributed by atoms with Gasteiger partial charge >= 0.3 is 29.6 Å².